The summed E-state index contributed by atoms with van der Waals surface area (Å²) in [6.45, 7) is 6.42. The Balaban J connectivity index is 4.46. The molecule has 1 unspecified atom stereocenters. The molecule has 0 bridgehead atoms. The molecule has 0 amide bonds. The van der Waals surface area contributed by atoms with E-state index in [0.29, 0.717) is 19.3 Å². The predicted molar refractivity (Wildman–Crippen MR) is 297 cm³/mol. The lowest BCUT2D eigenvalue weighted by Gasteiger charge is -2.18. The fourth-order valence-electron chi connectivity index (χ4n) is 7.47. The molecule has 0 heterocycles. The first-order chi connectivity index (χ1) is 34.0. The number of allylic oxidation sites excluding steroid dienone is 18. The van der Waals surface area contributed by atoms with Crippen LogP contribution in [0.1, 0.15) is 252 Å². The molecular weight excluding hydrogens is 853 g/mol. The van der Waals surface area contributed by atoms with Crippen molar-refractivity contribution in [1.82, 2.24) is 0 Å². The monoisotopic (exact) mass is 957 g/mol. The average Bonchev–Trinajstić information content (AvgIpc) is 3.35. The van der Waals surface area contributed by atoms with E-state index in [1.807, 2.05) is 0 Å². The molecule has 6 nitrogen and oxygen atoms in total. The zero-order valence-corrected chi connectivity index (χ0v) is 44.8. The number of carbonyl (C=O) groups is 3. The predicted octanol–water partition coefficient (Wildman–Crippen LogP) is 19.1. The van der Waals surface area contributed by atoms with Gasteiger partial charge in [-0.15, -0.1) is 0 Å². The van der Waals surface area contributed by atoms with E-state index in [2.05, 4.69) is 130 Å². The second-order valence-corrected chi connectivity index (χ2v) is 18.5. The molecule has 0 aliphatic carbocycles. The van der Waals surface area contributed by atoms with Crippen molar-refractivity contribution in [3.05, 3.63) is 109 Å². The number of unbranched alkanes of at least 4 members (excludes halogenated alkanes) is 21. The van der Waals surface area contributed by atoms with Crippen molar-refractivity contribution in [2.24, 2.45) is 0 Å². The summed E-state index contributed by atoms with van der Waals surface area (Å²) in [5, 5.41) is 0. The number of esters is 3. The summed E-state index contributed by atoms with van der Waals surface area (Å²) >= 11 is 0. The van der Waals surface area contributed by atoms with Crippen LogP contribution in [0.15, 0.2) is 109 Å². The van der Waals surface area contributed by atoms with Crippen LogP contribution < -0.4 is 0 Å². The van der Waals surface area contributed by atoms with E-state index in [-0.39, 0.29) is 37.5 Å². The molecule has 0 saturated heterocycles. The van der Waals surface area contributed by atoms with E-state index < -0.39 is 6.10 Å². The van der Waals surface area contributed by atoms with E-state index in [0.717, 1.165) is 103 Å². The van der Waals surface area contributed by atoms with Gasteiger partial charge in [-0.1, -0.05) is 226 Å². The van der Waals surface area contributed by atoms with Gasteiger partial charge in [-0.3, -0.25) is 14.4 Å². The smallest absolute Gasteiger partial charge is 0.306 e. The fourth-order valence-corrected chi connectivity index (χ4v) is 7.47. The first-order valence-corrected chi connectivity index (χ1v) is 28.4. The van der Waals surface area contributed by atoms with Gasteiger partial charge in [0.1, 0.15) is 13.2 Å². The number of ether oxygens (including phenoxy) is 3. The SMILES string of the molecule is CC/C=C\C/C=C\C/C=C\C/C=C\C/C=C\C/C=C\C/C=C\CCCC(=O)OCC(COC(=O)CCCCCCC/C=C\CCCC)OC(=O)CCCCCCCCC/C=C\CCCCCCCC. The number of rotatable bonds is 50. The van der Waals surface area contributed by atoms with Crippen LogP contribution in [0.25, 0.3) is 0 Å². The molecule has 6 heteroatoms. The van der Waals surface area contributed by atoms with Gasteiger partial charge in [0.15, 0.2) is 6.10 Å². The van der Waals surface area contributed by atoms with Crippen LogP contribution in [-0.4, -0.2) is 37.2 Å². The molecule has 0 N–H and O–H groups in total. The summed E-state index contributed by atoms with van der Waals surface area (Å²) in [5.41, 5.74) is 0. The van der Waals surface area contributed by atoms with Crippen molar-refractivity contribution in [2.45, 2.75) is 258 Å². The molecule has 0 spiro atoms. The molecule has 0 aliphatic rings. The van der Waals surface area contributed by atoms with Gasteiger partial charge >= 0.3 is 17.9 Å². The maximum absolute atomic E-state index is 12.8. The van der Waals surface area contributed by atoms with Gasteiger partial charge in [-0.05, 0) is 116 Å². The van der Waals surface area contributed by atoms with Gasteiger partial charge in [0.05, 0.1) is 0 Å². The molecule has 0 radical (unpaired) electrons. The molecule has 0 aliphatic heterocycles. The Bertz CT molecular complexity index is 1420. The zero-order chi connectivity index (χ0) is 50.0. The second kappa shape index (κ2) is 56.7. The Labute approximate surface area is 425 Å². The topological polar surface area (TPSA) is 78.9 Å². The Hall–Kier alpha value is -3.93. The first kappa shape index (κ1) is 65.1. The van der Waals surface area contributed by atoms with E-state index in [4.69, 9.17) is 14.2 Å². The van der Waals surface area contributed by atoms with E-state index in [1.165, 1.54) is 103 Å². The van der Waals surface area contributed by atoms with Crippen LogP contribution in [0, 0.1) is 0 Å². The molecule has 392 valence electrons. The molecule has 0 aromatic rings. The normalized spacial score (nSPS) is 12.9. The Morgan fingerprint density at radius 2 is 0.594 bits per heavy atom. The molecular formula is C63H104O6. The molecule has 69 heavy (non-hydrogen) atoms. The van der Waals surface area contributed by atoms with Crippen LogP contribution in [-0.2, 0) is 28.6 Å². The van der Waals surface area contributed by atoms with E-state index in [9.17, 15) is 14.4 Å². The molecule has 0 aromatic heterocycles. The van der Waals surface area contributed by atoms with Gasteiger partial charge in [-0.25, -0.2) is 0 Å². The second-order valence-electron chi connectivity index (χ2n) is 18.5. The molecule has 0 rings (SSSR count). The lowest BCUT2D eigenvalue weighted by Crippen LogP contribution is -2.30. The summed E-state index contributed by atoms with van der Waals surface area (Å²) in [6, 6.07) is 0. The third-order valence-electron chi connectivity index (χ3n) is 11.7. The van der Waals surface area contributed by atoms with E-state index >= 15 is 0 Å². The minimum atomic E-state index is -0.808. The van der Waals surface area contributed by atoms with Gasteiger partial charge < -0.3 is 14.2 Å². The van der Waals surface area contributed by atoms with Crippen LogP contribution in [0.5, 0.6) is 0 Å². The lowest BCUT2D eigenvalue weighted by molar-refractivity contribution is -0.167. The molecule has 0 saturated carbocycles. The van der Waals surface area contributed by atoms with Crippen molar-refractivity contribution < 1.29 is 28.6 Å². The van der Waals surface area contributed by atoms with Crippen LogP contribution in [0.2, 0.25) is 0 Å². The number of hydrogen-bond donors (Lipinski definition) is 0. The molecule has 0 fully saturated rings. The van der Waals surface area contributed by atoms with Gasteiger partial charge in [0.2, 0.25) is 0 Å². The highest BCUT2D eigenvalue weighted by atomic mass is 16.6. The summed E-state index contributed by atoms with van der Waals surface area (Å²) < 4.78 is 16.8. The third-order valence-corrected chi connectivity index (χ3v) is 11.7. The van der Waals surface area contributed by atoms with Crippen LogP contribution in [0.3, 0.4) is 0 Å². The summed E-state index contributed by atoms with van der Waals surface area (Å²) in [5.74, 6) is -0.980. The number of hydrogen-bond acceptors (Lipinski definition) is 6. The van der Waals surface area contributed by atoms with Crippen molar-refractivity contribution in [3.8, 4) is 0 Å². The molecule has 1 atom stereocenters. The third kappa shape index (κ3) is 54.9. The maximum Gasteiger partial charge on any atom is 0.306 e. The average molecular weight is 958 g/mol. The van der Waals surface area contributed by atoms with Crippen molar-refractivity contribution in [1.29, 1.82) is 0 Å². The molecule has 0 aromatic carbocycles. The quantitative estimate of drug-likeness (QED) is 0.0262. The maximum atomic E-state index is 12.8. The standard InChI is InChI=1S/C63H104O6/c1-4-7-10-13-16-19-22-24-26-28-29-30-31-32-33-35-36-38-41-44-47-50-53-56-62(65)68-59-60(58-67-61(64)55-52-49-46-43-40-21-18-15-12-9-6-3)69-63(66)57-54-51-48-45-42-39-37-34-27-25-23-20-17-14-11-8-5-2/h7,10,15-16,18-19,24-27,29-30,32-33,36,38,44,47,60H,4-6,8-9,11-14,17,20-23,28,31,34-35,37,39-43,45-46,48-59H2,1-3H3/b10-7-,18-15-,19-16-,26-24-,27-25-,30-29-,33-32-,38-36-,47-44-. The van der Waals surface area contributed by atoms with Gasteiger partial charge in [0, 0.05) is 19.3 Å². The Morgan fingerprint density at radius 3 is 1.00 bits per heavy atom. The highest BCUT2D eigenvalue weighted by Gasteiger charge is 2.19. The van der Waals surface area contributed by atoms with Crippen molar-refractivity contribution >= 4 is 17.9 Å². The van der Waals surface area contributed by atoms with Crippen molar-refractivity contribution in [3.63, 3.8) is 0 Å². The summed E-state index contributed by atoms with van der Waals surface area (Å²) in [4.78, 5) is 38.1. The fraction of sp³-hybridized carbons (Fsp3) is 0.667. The largest absolute Gasteiger partial charge is 0.462 e. The summed E-state index contributed by atoms with van der Waals surface area (Å²) in [6.07, 6.45) is 76.6. The summed E-state index contributed by atoms with van der Waals surface area (Å²) in [7, 11) is 0. The Kier molecular flexibility index (Phi) is 53.4. The van der Waals surface area contributed by atoms with E-state index in [1.54, 1.807) is 0 Å². The zero-order valence-electron chi connectivity index (χ0n) is 44.8. The van der Waals surface area contributed by atoms with Crippen LogP contribution >= 0.6 is 0 Å². The van der Waals surface area contributed by atoms with Crippen LogP contribution in [0.4, 0.5) is 0 Å². The minimum Gasteiger partial charge on any atom is -0.462 e. The highest BCUT2D eigenvalue weighted by Crippen LogP contribution is 2.14. The van der Waals surface area contributed by atoms with Gasteiger partial charge in [-0.2, -0.15) is 0 Å². The first-order valence-electron chi connectivity index (χ1n) is 28.4. The number of carbonyl (C=O) groups excluding carboxylic acids is 3. The minimum absolute atomic E-state index is 0.103. The highest BCUT2D eigenvalue weighted by molar-refractivity contribution is 5.71. The van der Waals surface area contributed by atoms with Crippen molar-refractivity contribution in [2.75, 3.05) is 13.2 Å². The van der Waals surface area contributed by atoms with Gasteiger partial charge in [0.25, 0.3) is 0 Å². The lowest BCUT2D eigenvalue weighted by atomic mass is 10.1. The Morgan fingerprint density at radius 1 is 0.304 bits per heavy atom.